The molecule has 0 aliphatic rings. The normalized spacial score (nSPS) is 14.7. The predicted octanol–water partition coefficient (Wildman–Crippen LogP) is 5.30. The number of nitrogens with zero attached hydrogens (tertiary/aromatic N) is 1. The molecule has 0 heterocycles. The Balaban J connectivity index is 4.78. The Bertz CT molecular complexity index is 491. The molecule has 3 heteroatoms. The number of hydrogen-bond donors (Lipinski definition) is 0. The largest absolute Gasteiger partial charge is 0.290 e. The van der Waals surface area contributed by atoms with Crippen LogP contribution in [0.5, 0.6) is 0 Å². The van der Waals surface area contributed by atoms with Crippen molar-refractivity contribution in [2.24, 2.45) is 5.18 Å². The lowest BCUT2D eigenvalue weighted by atomic mass is 10.0. The van der Waals surface area contributed by atoms with Crippen LogP contribution in [0.2, 0.25) is 0 Å². The maximum atomic E-state index is 12.0. The standard InChI is InChI=1S/C18H27NO2/c1-7-9-15(3)16(4)17(20)12-11-14(2)10-8-13-18(5,6)19-21/h8,10-13H,7,9H2,1-6H3/b12-11+,13-8+,14-10+,16-15+. The highest BCUT2D eigenvalue weighted by Gasteiger charge is 2.11. The second-order valence-corrected chi connectivity index (χ2v) is 5.87. The molecule has 0 spiro atoms. The van der Waals surface area contributed by atoms with Crippen LogP contribution in [-0.4, -0.2) is 11.3 Å². The Morgan fingerprint density at radius 3 is 2.29 bits per heavy atom. The van der Waals surface area contributed by atoms with E-state index < -0.39 is 5.54 Å². The van der Waals surface area contributed by atoms with Crippen molar-refractivity contribution in [1.29, 1.82) is 0 Å². The van der Waals surface area contributed by atoms with Gasteiger partial charge in [0.2, 0.25) is 0 Å². The van der Waals surface area contributed by atoms with E-state index in [0.29, 0.717) is 0 Å². The number of carbonyl (C=O) groups is 1. The van der Waals surface area contributed by atoms with Crippen LogP contribution in [0.3, 0.4) is 0 Å². The third-order valence-electron chi connectivity index (χ3n) is 3.23. The molecular formula is C18H27NO2. The van der Waals surface area contributed by atoms with Crippen molar-refractivity contribution in [2.45, 2.75) is 59.9 Å². The van der Waals surface area contributed by atoms with Crippen molar-refractivity contribution in [1.82, 2.24) is 0 Å². The van der Waals surface area contributed by atoms with Crippen LogP contribution in [0.15, 0.2) is 52.3 Å². The highest BCUT2D eigenvalue weighted by Crippen LogP contribution is 2.12. The SMILES string of the molecule is CCC/C(C)=C(\C)C(=O)/C=C/C(C)=C/C=C/C(C)(C)N=O. The number of ketones is 1. The van der Waals surface area contributed by atoms with Crippen LogP contribution < -0.4 is 0 Å². The van der Waals surface area contributed by atoms with Crippen LogP contribution in [0.4, 0.5) is 0 Å². The summed E-state index contributed by atoms with van der Waals surface area (Å²) in [5, 5.41) is 3.01. The van der Waals surface area contributed by atoms with Crippen LogP contribution in [-0.2, 0) is 4.79 Å². The lowest BCUT2D eigenvalue weighted by molar-refractivity contribution is -0.111. The van der Waals surface area contributed by atoms with E-state index in [0.717, 1.165) is 29.6 Å². The fourth-order valence-corrected chi connectivity index (χ4v) is 1.63. The van der Waals surface area contributed by atoms with Gasteiger partial charge < -0.3 is 0 Å². The molecule has 0 aromatic rings. The molecule has 0 unspecified atom stereocenters. The molecule has 0 atom stereocenters. The average Bonchev–Trinajstić information content (AvgIpc) is 2.44. The molecule has 0 radical (unpaired) electrons. The number of hydrogen-bond acceptors (Lipinski definition) is 3. The molecule has 0 amide bonds. The van der Waals surface area contributed by atoms with Gasteiger partial charge in [-0.3, -0.25) is 4.79 Å². The zero-order chi connectivity index (χ0) is 16.5. The molecule has 0 aromatic carbocycles. The molecule has 3 nitrogen and oxygen atoms in total. The van der Waals surface area contributed by atoms with Gasteiger partial charge in [0.25, 0.3) is 0 Å². The first-order chi connectivity index (χ1) is 9.73. The quantitative estimate of drug-likeness (QED) is 0.346. The van der Waals surface area contributed by atoms with E-state index in [1.54, 1.807) is 38.2 Å². The summed E-state index contributed by atoms with van der Waals surface area (Å²) in [6.07, 6.45) is 10.8. The zero-order valence-corrected chi connectivity index (χ0v) is 14.1. The molecule has 0 rings (SSSR count). The molecule has 0 saturated heterocycles. The van der Waals surface area contributed by atoms with E-state index in [-0.39, 0.29) is 5.78 Å². The Morgan fingerprint density at radius 1 is 1.14 bits per heavy atom. The molecule has 21 heavy (non-hydrogen) atoms. The van der Waals surface area contributed by atoms with E-state index in [1.165, 1.54) is 0 Å². The maximum Gasteiger partial charge on any atom is 0.181 e. The van der Waals surface area contributed by atoms with Gasteiger partial charge in [-0.1, -0.05) is 54.0 Å². The van der Waals surface area contributed by atoms with Gasteiger partial charge in [-0.25, -0.2) is 0 Å². The fraction of sp³-hybridized carbons (Fsp3) is 0.500. The number of nitroso groups, excluding NO2 is 1. The lowest BCUT2D eigenvalue weighted by Crippen LogP contribution is -2.10. The molecule has 0 bridgehead atoms. The minimum atomic E-state index is -0.701. The molecule has 0 aliphatic carbocycles. The van der Waals surface area contributed by atoms with Crippen molar-refractivity contribution in [3.05, 3.63) is 52.0 Å². The smallest absolute Gasteiger partial charge is 0.181 e. The van der Waals surface area contributed by atoms with Gasteiger partial charge in [0.05, 0.1) is 0 Å². The number of carbonyl (C=O) groups excluding carboxylic acids is 1. The highest BCUT2D eigenvalue weighted by atomic mass is 16.3. The molecule has 0 saturated carbocycles. The second kappa shape index (κ2) is 9.22. The minimum Gasteiger partial charge on any atom is -0.290 e. The first-order valence-electron chi connectivity index (χ1n) is 7.33. The fourth-order valence-electron chi connectivity index (χ4n) is 1.63. The molecule has 0 aromatic heterocycles. The Labute approximate surface area is 128 Å². The van der Waals surface area contributed by atoms with E-state index in [9.17, 15) is 9.70 Å². The summed E-state index contributed by atoms with van der Waals surface area (Å²) in [4.78, 5) is 22.5. The summed E-state index contributed by atoms with van der Waals surface area (Å²) in [6.45, 7) is 11.4. The van der Waals surface area contributed by atoms with E-state index in [2.05, 4.69) is 12.1 Å². The maximum absolute atomic E-state index is 12.0. The van der Waals surface area contributed by atoms with Crippen LogP contribution in [0, 0.1) is 4.91 Å². The second-order valence-electron chi connectivity index (χ2n) is 5.87. The minimum absolute atomic E-state index is 0.0487. The third-order valence-corrected chi connectivity index (χ3v) is 3.23. The van der Waals surface area contributed by atoms with Crippen molar-refractivity contribution in [3.8, 4) is 0 Å². The first kappa shape index (κ1) is 19.2. The first-order valence-corrected chi connectivity index (χ1v) is 7.33. The van der Waals surface area contributed by atoms with E-state index >= 15 is 0 Å². The molecule has 0 fully saturated rings. The van der Waals surface area contributed by atoms with Gasteiger partial charge in [0, 0.05) is 0 Å². The van der Waals surface area contributed by atoms with E-state index in [1.807, 2.05) is 26.8 Å². The van der Waals surface area contributed by atoms with Crippen molar-refractivity contribution in [3.63, 3.8) is 0 Å². The zero-order valence-electron chi connectivity index (χ0n) is 14.1. The van der Waals surface area contributed by atoms with Gasteiger partial charge in [-0.15, -0.1) is 4.91 Å². The summed E-state index contributed by atoms with van der Waals surface area (Å²) in [7, 11) is 0. The Morgan fingerprint density at radius 2 is 1.76 bits per heavy atom. The summed E-state index contributed by atoms with van der Waals surface area (Å²) < 4.78 is 0. The van der Waals surface area contributed by atoms with Gasteiger partial charge in [0.15, 0.2) is 5.78 Å². The predicted molar refractivity (Wildman–Crippen MR) is 90.2 cm³/mol. The molecule has 116 valence electrons. The molecule has 0 N–H and O–H groups in total. The summed E-state index contributed by atoms with van der Waals surface area (Å²) in [5.41, 5.74) is 2.21. The average molecular weight is 289 g/mol. The topological polar surface area (TPSA) is 46.5 Å². The molecular weight excluding hydrogens is 262 g/mol. The van der Waals surface area contributed by atoms with Gasteiger partial charge in [0.1, 0.15) is 5.54 Å². The number of allylic oxidation sites excluding steroid dienone is 7. The van der Waals surface area contributed by atoms with Gasteiger partial charge >= 0.3 is 0 Å². The number of rotatable bonds is 8. The Hall–Kier alpha value is -1.77. The van der Waals surface area contributed by atoms with Crippen LogP contribution >= 0.6 is 0 Å². The summed E-state index contributed by atoms with van der Waals surface area (Å²) >= 11 is 0. The van der Waals surface area contributed by atoms with Crippen LogP contribution in [0.1, 0.15) is 54.4 Å². The third kappa shape index (κ3) is 8.18. The van der Waals surface area contributed by atoms with Crippen molar-refractivity contribution >= 4 is 5.78 Å². The van der Waals surface area contributed by atoms with Gasteiger partial charge in [-0.2, -0.15) is 0 Å². The van der Waals surface area contributed by atoms with Gasteiger partial charge in [-0.05, 0) is 52.7 Å². The van der Waals surface area contributed by atoms with Crippen molar-refractivity contribution < 1.29 is 4.79 Å². The summed E-state index contributed by atoms with van der Waals surface area (Å²) in [5.74, 6) is 0.0487. The highest BCUT2D eigenvalue weighted by molar-refractivity contribution is 6.04. The summed E-state index contributed by atoms with van der Waals surface area (Å²) in [6, 6.07) is 0. The van der Waals surface area contributed by atoms with Crippen molar-refractivity contribution in [2.75, 3.05) is 0 Å². The lowest BCUT2D eigenvalue weighted by Gasteiger charge is -2.06. The monoisotopic (exact) mass is 289 g/mol. The van der Waals surface area contributed by atoms with Crippen LogP contribution in [0.25, 0.3) is 0 Å². The molecule has 0 aliphatic heterocycles. The Kier molecular flexibility index (Phi) is 8.44. The van der Waals surface area contributed by atoms with E-state index in [4.69, 9.17) is 0 Å².